The largest absolute Gasteiger partial charge is 0.481 e. The molecule has 1 rings (SSSR count). The molecule has 0 bridgehead atoms. The minimum absolute atomic E-state index is 0.122. The molecule has 9 nitrogen and oxygen atoms in total. The molecule has 1 atom stereocenters. The van der Waals surface area contributed by atoms with Crippen molar-refractivity contribution < 1.29 is 24.2 Å². The van der Waals surface area contributed by atoms with Gasteiger partial charge in [-0.2, -0.15) is 0 Å². The molecular formula is C12H22N4O5. The maximum atomic E-state index is 11.9. The number of urea groups is 2. The number of rotatable bonds is 5. The van der Waals surface area contributed by atoms with E-state index in [9.17, 15) is 14.4 Å². The number of carboxylic acids is 1. The van der Waals surface area contributed by atoms with Gasteiger partial charge in [-0.05, 0) is 0 Å². The lowest BCUT2D eigenvalue weighted by atomic mass is 10.2. The third-order valence-electron chi connectivity index (χ3n) is 2.91. The normalized spacial score (nSPS) is 18.0. The lowest BCUT2D eigenvalue weighted by molar-refractivity contribution is -0.141. The number of hydrogen-bond acceptors (Lipinski definition) is 4. The Morgan fingerprint density at radius 3 is 2.57 bits per heavy atom. The van der Waals surface area contributed by atoms with E-state index in [-0.39, 0.29) is 25.0 Å². The summed E-state index contributed by atoms with van der Waals surface area (Å²) in [5, 5.41) is 14.0. The van der Waals surface area contributed by atoms with Crippen LogP contribution in [0.4, 0.5) is 9.59 Å². The molecule has 1 aliphatic rings. The Balaban J connectivity index is 2.25. The first-order valence-electron chi connectivity index (χ1n) is 6.71. The zero-order valence-electron chi connectivity index (χ0n) is 12.3. The van der Waals surface area contributed by atoms with E-state index in [0.29, 0.717) is 26.2 Å². The number of amides is 4. The average Bonchev–Trinajstić information content (AvgIpc) is 2.42. The Hall–Kier alpha value is -2.03. The predicted octanol–water partition coefficient (Wildman–Crippen LogP) is -0.857. The van der Waals surface area contributed by atoms with E-state index in [2.05, 4.69) is 10.6 Å². The number of aliphatic carboxylic acids is 1. The highest BCUT2D eigenvalue weighted by atomic mass is 16.5. The third-order valence-corrected chi connectivity index (χ3v) is 2.91. The molecule has 4 amide bonds. The second-order valence-corrected chi connectivity index (χ2v) is 4.89. The van der Waals surface area contributed by atoms with Gasteiger partial charge in [0.25, 0.3) is 0 Å². The van der Waals surface area contributed by atoms with E-state index in [0.717, 1.165) is 0 Å². The smallest absolute Gasteiger partial charge is 0.317 e. The second-order valence-electron chi connectivity index (χ2n) is 4.89. The predicted molar refractivity (Wildman–Crippen MR) is 74.1 cm³/mol. The molecule has 0 aromatic rings. The standard InChI is InChI=1S/C12H22N4O5/c1-15(2)11(19)13-3-4-14-12(20)16-5-6-21-9(8-16)7-10(17)18/h9H,3-8H2,1-2H3,(H,13,19)(H,14,20)(H,17,18). The summed E-state index contributed by atoms with van der Waals surface area (Å²) in [6.45, 7) is 1.63. The summed E-state index contributed by atoms with van der Waals surface area (Å²) in [6, 6.07) is -0.509. The molecule has 3 N–H and O–H groups in total. The Labute approximate surface area is 123 Å². The maximum Gasteiger partial charge on any atom is 0.317 e. The van der Waals surface area contributed by atoms with Crippen LogP contribution >= 0.6 is 0 Å². The van der Waals surface area contributed by atoms with Crippen LogP contribution in [0.5, 0.6) is 0 Å². The topological polar surface area (TPSA) is 111 Å². The van der Waals surface area contributed by atoms with Crippen molar-refractivity contribution >= 4 is 18.0 Å². The van der Waals surface area contributed by atoms with E-state index in [1.807, 2.05) is 0 Å². The van der Waals surface area contributed by atoms with E-state index < -0.39 is 12.1 Å². The van der Waals surface area contributed by atoms with Crippen LogP contribution < -0.4 is 10.6 Å². The Bertz CT molecular complexity index is 388. The molecule has 1 fully saturated rings. The number of hydrogen-bond donors (Lipinski definition) is 3. The fourth-order valence-corrected chi connectivity index (χ4v) is 1.83. The molecule has 1 saturated heterocycles. The third kappa shape index (κ3) is 6.30. The van der Waals surface area contributed by atoms with E-state index in [1.54, 1.807) is 14.1 Å². The van der Waals surface area contributed by atoms with Gasteiger partial charge in [0.1, 0.15) is 0 Å². The van der Waals surface area contributed by atoms with Gasteiger partial charge in [0.05, 0.1) is 19.1 Å². The van der Waals surface area contributed by atoms with E-state index in [4.69, 9.17) is 9.84 Å². The maximum absolute atomic E-state index is 11.9. The number of carboxylic acid groups (broad SMARTS) is 1. The highest BCUT2D eigenvalue weighted by Gasteiger charge is 2.25. The van der Waals surface area contributed by atoms with Gasteiger partial charge in [0, 0.05) is 40.3 Å². The van der Waals surface area contributed by atoms with Gasteiger partial charge in [-0.15, -0.1) is 0 Å². The van der Waals surface area contributed by atoms with Crippen molar-refractivity contribution in [2.24, 2.45) is 0 Å². The minimum Gasteiger partial charge on any atom is -0.481 e. The van der Waals surface area contributed by atoms with Gasteiger partial charge in [-0.1, -0.05) is 0 Å². The number of carbonyl (C=O) groups is 3. The van der Waals surface area contributed by atoms with Crippen molar-refractivity contribution in [3.05, 3.63) is 0 Å². The van der Waals surface area contributed by atoms with Crippen LogP contribution in [-0.4, -0.2) is 85.9 Å². The molecule has 1 aliphatic heterocycles. The quantitative estimate of drug-likeness (QED) is 0.572. The van der Waals surface area contributed by atoms with Crippen molar-refractivity contribution in [2.45, 2.75) is 12.5 Å². The highest BCUT2D eigenvalue weighted by molar-refractivity contribution is 5.75. The van der Waals surface area contributed by atoms with Crippen molar-refractivity contribution in [2.75, 3.05) is 46.9 Å². The minimum atomic E-state index is -0.950. The number of ether oxygens (including phenoxy) is 1. The Morgan fingerprint density at radius 2 is 1.95 bits per heavy atom. The van der Waals surface area contributed by atoms with Crippen molar-refractivity contribution in [3.8, 4) is 0 Å². The molecule has 1 unspecified atom stereocenters. The van der Waals surface area contributed by atoms with Crippen LogP contribution in [0.1, 0.15) is 6.42 Å². The first kappa shape index (κ1) is 17.0. The monoisotopic (exact) mass is 302 g/mol. The van der Waals surface area contributed by atoms with E-state index >= 15 is 0 Å². The molecule has 1 heterocycles. The molecule has 0 spiro atoms. The summed E-state index contributed by atoms with van der Waals surface area (Å²) in [5.41, 5.74) is 0. The summed E-state index contributed by atoms with van der Waals surface area (Å²) in [5.74, 6) is -0.950. The van der Waals surface area contributed by atoms with Gasteiger partial charge >= 0.3 is 18.0 Å². The Morgan fingerprint density at radius 1 is 1.29 bits per heavy atom. The number of nitrogens with zero attached hydrogens (tertiary/aromatic N) is 2. The van der Waals surface area contributed by atoms with Crippen molar-refractivity contribution in [1.82, 2.24) is 20.4 Å². The van der Waals surface area contributed by atoms with Crippen LogP contribution in [0, 0.1) is 0 Å². The van der Waals surface area contributed by atoms with Gasteiger partial charge in [0.2, 0.25) is 0 Å². The summed E-state index contributed by atoms with van der Waals surface area (Å²) < 4.78 is 5.29. The molecule has 0 radical (unpaired) electrons. The number of morpholine rings is 1. The van der Waals surface area contributed by atoms with Gasteiger partial charge < -0.3 is 30.3 Å². The van der Waals surface area contributed by atoms with Crippen LogP contribution in [0.15, 0.2) is 0 Å². The molecular weight excluding hydrogens is 280 g/mol. The van der Waals surface area contributed by atoms with Crippen LogP contribution in [0.2, 0.25) is 0 Å². The first-order valence-corrected chi connectivity index (χ1v) is 6.71. The summed E-state index contributed by atoms with van der Waals surface area (Å²) in [7, 11) is 3.26. The average molecular weight is 302 g/mol. The second kappa shape index (κ2) is 8.30. The molecule has 0 aromatic heterocycles. The molecule has 0 saturated carbocycles. The SMILES string of the molecule is CN(C)C(=O)NCCNC(=O)N1CCOC(CC(=O)O)C1. The highest BCUT2D eigenvalue weighted by Crippen LogP contribution is 2.08. The summed E-state index contributed by atoms with van der Waals surface area (Å²) in [4.78, 5) is 36.7. The van der Waals surface area contributed by atoms with Gasteiger partial charge in [0.15, 0.2) is 0 Å². The number of nitrogens with one attached hydrogen (secondary N) is 2. The van der Waals surface area contributed by atoms with E-state index in [1.165, 1.54) is 9.80 Å². The lowest BCUT2D eigenvalue weighted by Crippen LogP contribution is -2.51. The lowest BCUT2D eigenvalue weighted by Gasteiger charge is -2.32. The molecule has 120 valence electrons. The summed E-state index contributed by atoms with van der Waals surface area (Å²) in [6.07, 6.45) is -0.599. The zero-order chi connectivity index (χ0) is 15.8. The van der Waals surface area contributed by atoms with Gasteiger partial charge in [-0.25, -0.2) is 9.59 Å². The van der Waals surface area contributed by atoms with Crippen LogP contribution in [-0.2, 0) is 9.53 Å². The van der Waals surface area contributed by atoms with Crippen LogP contribution in [0.25, 0.3) is 0 Å². The fourth-order valence-electron chi connectivity index (χ4n) is 1.83. The fraction of sp³-hybridized carbons (Fsp3) is 0.750. The Kier molecular flexibility index (Phi) is 6.73. The molecule has 21 heavy (non-hydrogen) atoms. The van der Waals surface area contributed by atoms with Crippen molar-refractivity contribution in [1.29, 1.82) is 0 Å². The molecule has 9 heteroatoms. The summed E-state index contributed by atoms with van der Waals surface area (Å²) >= 11 is 0. The first-order chi connectivity index (χ1) is 9.90. The van der Waals surface area contributed by atoms with Crippen molar-refractivity contribution in [3.63, 3.8) is 0 Å². The van der Waals surface area contributed by atoms with Gasteiger partial charge in [-0.3, -0.25) is 4.79 Å². The van der Waals surface area contributed by atoms with Crippen LogP contribution in [0.3, 0.4) is 0 Å². The molecule has 0 aliphatic carbocycles. The zero-order valence-corrected chi connectivity index (χ0v) is 12.3. The number of carbonyl (C=O) groups excluding carboxylic acids is 2. The molecule has 0 aromatic carbocycles.